The first-order valence-corrected chi connectivity index (χ1v) is 17.8. The largest absolute Gasteiger partial charge is 0.416 e. The first-order chi connectivity index (χ1) is 25.3. The van der Waals surface area contributed by atoms with E-state index in [0.717, 1.165) is 24.3 Å². The summed E-state index contributed by atoms with van der Waals surface area (Å²) >= 11 is 2.57. The molecule has 5 N–H and O–H groups in total. The fourth-order valence-corrected chi connectivity index (χ4v) is 4.62. The summed E-state index contributed by atoms with van der Waals surface area (Å²) in [6, 6.07) is 11.9. The highest BCUT2D eigenvalue weighted by molar-refractivity contribution is 7.98. The molecule has 0 saturated heterocycles. The van der Waals surface area contributed by atoms with E-state index in [1.807, 2.05) is 20.1 Å². The number of nitrogens with two attached hydrogens (primary N) is 2. The van der Waals surface area contributed by atoms with Crippen molar-refractivity contribution in [1.29, 1.82) is 0 Å². The van der Waals surface area contributed by atoms with Crippen LogP contribution in [0.1, 0.15) is 48.5 Å². The molecule has 0 aliphatic carbocycles. The molecule has 5 aromatic rings. The average Bonchev–Trinajstić information content (AvgIpc) is 3.19. The minimum atomic E-state index is -4.58. The number of carbonyl (C=O) groups is 1. The van der Waals surface area contributed by atoms with Crippen molar-refractivity contribution >= 4 is 35.0 Å². The van der Waals surface area contributed by atoms with Gasteiger partial charge in [0.15, 0.2) is 16.0 Å². The Morgan fingerprint density at radius 3 is 1.78 bits per heavy atom. The van der Waals surface area contributed by atoms with Crippen LogP contribution in [0.2, 0.25) is 0 Å². The maximum atomic E-state index is 12.9. The van der Waals surface area contributed by atoms with Gasteiger partial charge in [0.1, 0.15) is 11.4 Å². The lowest BCUT2D eigenvalue weighted by Crippen LogP contribution is -2.18. The highest BCUT2D eigenvalue weighted by atomic mass is 32.2. The van der Waals surface area contributed by atoms with E-state index >= 15 is 0 Å². The molecule has 0 amide bonds. The second-order valence-corrected chi connectivity index (χ2v) is 11.2. The molecule has 0 unspecified atom stereocenters. The molecule has 2 aromatic carbocycles. The number of alkyl halides is 6. The molecule has 0 saturated carbocycles. The Bertz CT molecular complexity index is 1950. The van der Waals surface area contributed by atoms with Gasteiger partial charge in [-0.25, -0.2) is 19.9 Å². The molecule has 3 aromatic heterocycles. The summed E-state index contributed by atoms with van der Waals surface area (Å²) in [7, 11) is 0. The molecule has 0 fully saturated rings. The first-order valence-electron chi connectivity index (χ1n) is 15.3. The molecule has 54 heavy (non-hydrogen) atoms. The summed E-state index contributed by atoms with van der Waals surface area (Å²) in [5.74, 6) is -0.871. The second-order valence-electron chi connectivity index (χ2n) is 9.62. The maximum absolute atomic E-state index is 12.9. The van der Waals surface area contributed by atoms with E-state index in [4.69, 9.17) is 16.7 Å². The molecule has 290 valence electrons. The Kier molecular flexibility index (Phi) is 20.0. The summed E-state index contributed by atoms with van der Waals surface area (Å²) in [6.07, 6.45) is 0.417. The van der Waals surface area contributed by atoms with Crippen LogP contribution in [0.25, 0.3) is 22.6 Å². The quantitative estimate of drug-likeness (QED) is 0.0261. The Labute approximate surface area is 317 Å². The molecule has 3 heterocycles. The number of hydrogen-bond acceptors (Lipinski definition) is 13. The van der Waals surface area contributed by atoms with Crippen LogP contribution in [0.15, 0.2) is 101 Å². The van der Waals surface area contributed by atoms with Gasteiger partial charge in [0, 0.05) is 49.0 Å². The molecule has 5 rings (SSSR count). The van der Waals surface area contributed by atoms with Gasteiger partial charge in [0.25, 0.3) is 0 Å². The number of halogens is 6. The fraction of sp³-hybridized carbons (Fsp3) is 0.257. The fourth-order valence-electron chi connectivity index (χ4n) is 3.91. The van der Waals surface area contributed by atoms with Crippen LogP contribution in [-0.4, -0.2) is 72.2 Å². The molecule has 11 nitrogen and oxygen atoms in total. The summed E-state index contributed by atoms with van der Waals surface area (Å²) in [5, 5.41) is 12.9. The number of rotatable bonds is 8. The number of aromatic nitrogens is 6. The Hall–Kier alpha value is -4.98. The number of carbonyl (C=O) groups excluding carboxylic acids is 1. The van der Waals surface area contributed by atoms with Crippen LogP contribution < -0.4 is 11.5 Å². The molecule has 0 spiro atoms. The average molecular weight is 796 g/mol. The van der Waals surface area contributed by atoms with Crippen molar-refractivity contribution in [2.24, 2.45) is 16.6 Å². The summed E-state index contributed by atoms with van der Waals surface area (Å²) in [6.45, 7) is 5.19. The van der Waals surface area contributed by atoms with E-state index < -0.39 is 35.0 Å². The highest BCUT2D eigenvalue weighted by Gasteiger charge is 2.32. The molecule has 0 bridgehead atoms. The molecule has 19 heteroatoms. The highest BCUT2D eigenvalue weighted by Crippen LogP contribution is 2.34. The lowest BCUT2D eigenvalue weighted by atomic mass is 10.0. The Morgan fingerprint density at radius 1 is 0.722 bits per heavy atom. The normalized spacial score (nSPS) is 11.0. The lowest BCUT2D eigenvalue weighted by molar-refractivity contribution is -0.138. The van der Waals surface area contributed by atoms with Crippen molar-refractivity contribution in [3.05, 3.63) is 108 Å². The number of Topliss-reactive ketones (excluding diaryl/α,β-unsaturated/α-hetero) is 1. The van der Waals surface area contributed by atoms with Gasteiger partial charge in [-0.05, 0) is 48.9 Å². The summed E-state index contributed by atoms with van der Waals surface area (Å²) in [5.41, 5.74) is 9.02. The van der Waals surface area contributed by atoms with E-state index in [-0.39, 0.29) is 18.7 Å². The van der Waals surface area contributed by atoms with Gasteiger partial charge in [-0.2, -0.15) is 26.3 Å². The molecule has 0 atom stereocenters. The smallest absolute Gasteiger partial charge is 0.410 e. The number of benzene rings is 2. The van der Waals surface area contributed by atoms with Gasteiger partial charge < -0.3 is 16.7 Å². The van der Waals surface area contributed by atoms with E-state index in [2.05, 4.69) is 35.1 Å². The van der Waals surface area contributed by atoms with Crippen LogP contribution in [0.3, 0.4) is 0 Å². The third-order valence-corrected chi connectivity index (χ3v) is 7.34. The molecular weight excluding hydrogens is 757 g/mol. The van der Waals surface area contributed by atoms with E-state index in [1.165, 1.54) is 60.3 Å². The van der Waals surface area contributed by atoms with Crippen molar-refractivity contribution < 1.29 is 36.3 Å². The number of ketones is 1. The number of thioether (sulfide) groups is 2. The zero-order valence-electron chi connectivity index (χ0n) is 28.7. The van der Waals surface area contributed by atoms with E-state index in [0.29, 0.717) is 52.1 Å². The Morgan fingerprint density at radius 2 is 1.24 bits per heavy atom. The van der Waals surface area contributed by atoms with Crippen molar-refractivity contribution in [3.8, 4) is 22.6 Å². The SMILES string of the molecule is C.CC.CSc1nccc(-c2nccnc2-c2cccc(C(F)(F)F)c2)n1.CSc1nccc(/C(=N/O)C(=O)c2cccc(C(F)(F)F)c2)n1.NCCN. The van der Waals surface area contributed by atoms with Gasteiger partial charge in [-0.15, -0.1) is 0 Å². The van der Waals surface area contributed by atoms with Crippen molar-refractivity contribution in [3.63, 3.8) is 0 Å². The van der Waals surface area contributed by atoms with Gasteiger partial charge in [-0.3, -0.25) is 14.8 Å². The summed E-state index contributed by atoms with van der Waals surface area (Å²) in [4.78, 5) is 37.1. The van der Waals surface area contributed by atoms with Gasteiger partial charge >= 0.3 is 12.4 Å². The van der Waals surface area contributed by atoms with Gasteiger partial charge in [0.2, 0.25) is 5.78 Å². The Balaban J connectivity index is 0.000000464. The van der Waals surface area contributed by atoms with Crippen LogP contribution in [0.5, 0.6) is 0 Å². The number of nitrogens with zero attached hydrogens (tertiary/aromatic N) is 7. The van der Waals surface area contributed by atoms with Crippen LogP contribution >= 0.6 is 23.5 Å². The van der Waals surface area contributed by atoms with Crippen molar-refractivity contribution in [2.75, 3.05) is 25.6 Å². The minimum absolute atomic E-state index is 0. The van der Waals surface area contributed by atoms with E-state index in [1.54, 1.807) is 24.6 Å². The topological polar surface area (TPSA) is 179 Å². The number of hydrogen-bond donors (Lipinski definition) is 3. The second kappa shape index (κ2) is 22.9. The number of oxime groups is 1. The maximum Gasteiger partial charge on any atom is 0.416 e. The molecular formula is C35H39F6N9O2S2. The minimum Gasteiger partial charge on any atom is -0.410 e. The standard InChI is InChI=1S/C16H11F3N4S.C14H10F3N3O2S.C2H8N2.C2H6.CH4/c1-24-15-22-6-5-12(23-15)14-13(20-7-8-21-14)10-3-2-4-11(9-10)16(17,18)19;1-23-13-18-6-5-10(19-13)11(20-22)12(21)8-3-2-4-9(7-8)14(15,16)17;3-1-2-4;1-2;/h2-9H,1H3;2-7,22H,1H3;1-4H2;1-2H3;1H4/b;20-11-;;;. The third kappa shape index (κ3) is 13.8. The van der Waals surface area contributed by atoms with Crippen LogP contribution in [-0.2, 0) is 12.4 Å². The third-order valence-electron chi connectivity index (χ3n) is 6.21. The van der Waals surface area contributed by atoms with Gasteiger partial charge in [-0.1, -0.05) is 74.2 Å². The predicted octanol–water partition coefficient (Wildman–Crippen LogP) is 8.19. The zero-order valence-corrected chi connectivity index (χ0v) is 30.4. The van der Waals surface area contributed by atoms with Crippen LogP contribution in [0.4, 0.5) is 26.3 Å². The molecule has 0 aliphatic rings. The van der Waals surface area contributed by atoms with Crippen LogP contribution in [0, 0.1) is 0 Å². The van der Waals surface area contributed by atoms with Crippen molar-refractivity contribution in [1.82, 2.24) is 29.9 Å². The predicted molar refractivity (Wildman–Crippen MR) is 199 cm³/mol. The first kappa shape index (κ1) is 47.0. The summed E-state index contributed by atoms with van der Waals surface area (Å²) < 4.78 is 77.0. The van der Waals surface area contributed by atoms with E-state index in [9.17, 15) is 31.1 Å². The lowest BCUT2D eigenvalue weighted by Gasteiger charge is -2.11. The van der Waals surface area contributed by atoms with Gasteiger partial charge in [0.05, 0.1) is 22.5 Å². The van der Waals surface area contributed by atoms with Crippen molar-refractivity contribution in [2.45, 2.75) is 43.9 Å². The molecule has 0 aliphatic heterocycles. The zero-order chi connectivity index (χ0) is 39.6. The monoisotopic (exact) mass is 795 g/mol. The molecule has 0 radical (unpaired) electrons.